The van der Waals surface area contributed by atoms with Gasteiger partial charge in [-0.3, -0.25) is 5.10 Å². The molecule has 0 atom stereocenters. The van der Waals surface area contributed by atoms with E-state index in [1.165, 1.54) is 17.5 Å². The first kappa shape index (κ1) is 14.6. The largest absolute Gasteiger partial charge is 0.346 e. The zero-order valence-electron chi connectivity index (χ0n) is 14.3. The maximum absolute atomic E-state index is 4.71. The van der Waals surface area contributed by atoms with Crippen LogP contribution in [0.15, 0.2) is 36.9 Å². The van der Waals surface area contributed by atoms with Crippen LogP contribution >= 0.6 is 0 Å². The van der Waals surface area contributed by atoms with Gasteiger partial charge in [0.05, 0.1) is 28.3 Å². The van der Waals surface area contributed by atoms with E-state index in [0.717, 1.165) is 39.3 Å². The molecule has 0 amide bonds. The molecule has 0 saturated carbocycles. The Bertz CT molecular complexity index is 1200. The fourth-order valence-electron chi connectivity index (χ4n) is 3.05. The Balaban J connectivity index is 1.58. The number of aromatic nitrogens is 7. The van der Waals surface area contributed by atoms with Gasteiger partial charge >= 0.3 is 0 Å². The zero-order chi connectivity index (χ0) is 17.7. The van der Waals surface area contributed by atoms with E-state index in [0.29, 0.717) is 5.82 Å². The van der Waals surface area contributed by atoms with Crippen molar-refractivity contribution in [3.8, 4) is 11.5 Å². The molecule has 128 valence electrons. The molecule has 8 heteroatoms. The maximum atomic E-state index is 4.71. The molecule has 0 saturated heterocycles. The van der Waals surface area contributed by atoms with Crippen LogP contribution in [-0.2, 0) is 0 Å². The van der Waals surface area contributed by atoms with Crippen LogP contribution in [0.4, 0.5) is 11.5 Å². The number of H-pyrrole nitrogens is 3. The number of fused-ring (bicyclic) bond motifs is 2. The van der Waals surface area contributed by atoms with Crippen molar-refractivity contribution in [3.05, 3.63) is 48.0 Å². The van der Waals surface area contributed by atoms with Crippen molar-refractivity contribution in [2.45, 2.75) is 13.8 Å². The summed E-state index contributed by atoms with van der Waals surface area (Å²) in [5, 5.41) is 11.4. The molecule has 4 aromatic heterocycles. The second-order valence-electron chi connectivity index (χ2n) is 6.28. The smallest absolute Gasteiger partial charge is 0.158 e. The fraction of sp³-hybridized carbons (Fsp3) is 0.111. The highest BCUT2D eigenvalue weighted by molar-refractivity contribution is 5.90. The van der Waals surface area contributed by atoms with E-state index in [-0.39, 0.29) is 0 Å². The molecule has 0 bridgehead atoms. The molecule has 8 nitrogen and oxygen atoms in total. The molecule has 0 radical (unpaired) electrons. The average Bonchev–Trinajstić information content (AvgIpc) is 3.34. The normalized spacial score (nSPS) is 11.5. The zero-order valence-corrected chi connectivity index (χ0v) is 14.3. The number of hydrogen-bond donors (Lipinski definition) is 4. The van der Waals surface area contributed by atoms with Crippen LogP contribution in [0.1, 0.15) is 11.1 Å². The van der Waals surface area contributed by atoms with Crippen molar-refractivity contribution in [1.29, 1.82) is 0 Å². The minimum absolute atomic E-state index is 0.710. The summed E-state index contributed by atoms with van der Waals surface area (Å²) in [5.74, 6) is 1.44. The summed E-state index contributed by atoms with van der Waals surface area (Å²) in [7, 11) is 0. The minimum Gasteiger partial charge on any atom is -0.346 e. The predicted molar refractivity (Wildman–Crippen MR) is 100 cm³/mol. The predicted octanol–water partition coefficient (Wildman–Crippen LogP) is 3.58. The molecular formula is C18H16N8. The number of anilines is 2. The molecule has 5 rings (SSSR count). The molecule has 4 heterocycles. The molecule has 0 aliphatic rings. The van der Waals surface area contributed by atoms with Gasteiger partial charge in [0.15, 0.2) is 5.82 Å². The molecule has 1 aromatic carbocycles. The number of nitrogens with one attached hydrogen (secondary N) is 4. The van der Waals surface area contributed by atoms with Crippen LogP contribution in [0.5, 0.6) is 0 Å². The number of benzene rings is 1. The quantitative estimate of drug-likeness (QED) is 0.400. The maximum Gasteiger partial charge on any atom is 0.158 e. The van der Waals surface area contributed by atoms with E-state index >= 15 is 0 Å². The van der Waals surface area contributed by atoms with Crippen LogP contribution in [0.2, 0.25) is 0 Å². The molecule has 0 aliphatic carbocycles. The van der Waals surface area contributed by atoms with Gasteiger partial charge in [-0.25, -0.2) is 15.0 Å². The first-order valence-electron chi connectivity index (χ1n) is 8.25. The van der Waals surface area contributed by atoms with E-state index in [1.54, 1.807) is 6.20 Å². The molecule has 26 heavy (non-hydrogen) atoms. The van der Waals surface area contributed by atoms with Crippen molar-refractivity contribution < 1.29 is 0 Å². The Labute approximate surface area is 148 Å². The first-order chi connectivity index (χ1) is 12.7. The molecule has 0 fully saturated rings. The number of imidazole rings is 1. The monoisotopic (exact) mass is 344 g/mol. The molecule has 0 aliphatic heterocycles. The van der Waals surface area contributed by atoms with Crippen molar-refractivity contribution in [3.63, 3.8) is 0 Å². The highest BCUT2D eigenvalue weighted by Gasteiger charge is 2.15. The average molecular weight is 344 g/mol. The lowest BCUT2D eigenvalue weighted by molar-refractivity contribution is 1.08. The topological polar surface area (TPSA) is 111 Å². The fourth-order valence-corrected chi connectivity index (χ4v) is 3.05. The van der Waals surface area contributed by atoms with Gasteiger partial charge in [0.2, 0.25) is 0 Å². The lowest BCUT2D eigenvalue weighted by Gasteiger charge is -2.05. The second kappa shape index (κ2) is 5.41. The molecule has 0 unspecified atom stereocenters. The van der Waals surface area contributed by atoms with Gasteiger partial charge in [-0.15, -0.1) is 0 Å². The minimum atomic E-state index is 0.710. The van der Waals surface area contributed by atoms with Crippen LogP contribution < -0.4 is 5.32 Å². The van der Waals surface area contributed by atoms with Crippen molar-refractivity contribution in [2.24, 2.45) is 0 Å². The van der Waals surface area contributed by atoms with Gasteiger partial charge in [0, 0.05) is 6.20 Å². The Hall–Kier alpha value is -3.68. The number of hydrogen-bond acceptors (Lipinski definition) is 5. The lowest BCUT2D eigenvalue weighted by atomic mass is 10.1. The van der Waals surface area contributed by atoms with Crippen LogP contribution in [0, 0.1) is 13.8 Å². The molecule has 5 aromatic rings. The number of aromatic amines is 3. The third-order valence-electron chi connectivity index (χ3n) is 4.58. The Morgan fingerprint density at radius 1 is 1.08 bits per heavy atom. The third kappa shape index (κ3) is 2.23. The SMILES string of the molecule is Cc1cc2nc(-c3[nH]ncc3Nc3ncnc4[nH]ccc34)[nH]c2cc1C. The van der Waals surface area contributed by atoms with E-state index in [4.69, 9.17) is 4.98 Å². The van der Waals surface area contributed by atoms with Crippen molar-refractivity contribution in [2.75, 3.05) is 5.32 Å². The van der Waals surface area contributed by atoms with E-state index in [2.05, 4.69) is 61.4 Å². The van der Waals surface area contributed by atoms with Gasteiger partial charge in [-0.2, -0.15) is 5.10 Å². The Morgan fingerprint density at radius 2 is 1.96 bits per heavy atom. The van der Waals surface area contributed by atoms with Gasteiger partial charge in [-0.1, -0.05) is 0 Å². The summed E-state index contributed by atoms with van der Waals surface area (Å²) >= 11 is 0. The number of rotatable bonds is 3. The molecular weight excluding hydrogens is 328 g/mol. The Kier molecular flexibility index (Phi) is 3.05. The molecule has 4 N–H and O–H groups in total. The highest BCUT2D eigenvalue weighted by Crippen LogP contribution is 2.30. The standard InChI is InChI=1S/C18H16N8/c1-9-5-12-13(6-10(9)2)24-18(23-12)15-14(7-22-26-15)25-17-11-3-4-19-16(11)20-8-21-17/h3-8H,1-2H3,(H,22,26)(H,23,24)(H2,19,20,21,25). The number of aryl methyl sites for hydroxylation is 2. The highest BCUT2D eigenvalue weighted by atomic mass is 15.2. The molecule has 0 spiro atoms. The first-order valence-corrected chi connectivity index (χ1v) is 8.25. The van der Waals surface area contributed by atoms with Gasteiger partial charge in [-0.05, 0) is 43.2 Å². The summed E-state index contributed by atoms with van der Waals surface area (Å²) in [4.78, 5) is 19.7. The van der Waals surface area contributed by atoms with Gasteiger partial charge in [0.1, 0.15) is 23.5 Å². The summed E-state index contributed by atoms with van der Waals surface area (Å²) < 4.78 is 0. The summed E-state index contributed by atoms with van der Waals surface area (Å²) in [5.41, 5.74) is 6.72. The van der Waals surface area contributed by atoms with Crippen LogP contribution in [0.3, 0.4) is 0 Å². The van der Waals surface area contributed by atoms with Gasteiger partial charge < -0.3 is 15.3 Å². The third-order valence-corrected chi connectivity index (χ3v) is 4.58. The van der Waals surface area contributed by atoms with E-state index in [1.807, 2.05) is 12.3 Å². The van der Waals surface area contributed by atoms with Crippen LogP contribution in [-0.4, -0.2) is 35.1 Å². The van der Waals surface area contributed by atoms with Crippen LogP contribution in [0.25, 0.3) is 33.6 Å². The van der Waals surface area contributed by atoms with E-state index < -0.39 is 0 Å². The lowest BCUT2D eigenvalue weighted by Crippen LogP contribution is -1.96. The second-order valence-corrected chi connectivity index (χ2v) is 6.28. The van der Waals surface area contributed by atoms with Gasteiger partial charge in [0.25, 0.3) is 0 Å². The summed E-state index contributed by atoms with van der Waals surface area (Å²) in [6.45, 7) is 4.18. The Morgan fingerprint density at radius 3 is 2.88 bits per heavy atom. The van der Waals surface area contributed by atoms with E-state index in [9.17, 15) is 0 Å². The summed E-state index contributed by atoms with van der Waals surface area (Å²) in [6.07, 6.45) is 5.08. The van der Waals surface area contributed by atoms with Crippen molar-refractivity contribution >= 4 is 33.6 Å². The number of nitrogens with zero attached hydrogens (tertiary/aromatic N) is 4. The summed E-state index contributed by atoms with van der Waals surface area (Å²) in [6, 6.07) is 6.13. The van der Waals surface area contributed by atoms with Crippen molar-refractivity contribution in [1.82, 2.24) is 35.1 Å².